The van der Waals surface area contributed by atoms with Gasteiger partial charge in [-0.3, -0.25) is 0 Å². The predicted octanol–water partition coefficient (Wildman–Crippen LogP) is 3.19. The number of hydrogen-bond donors (Lipinski definition) is 1. The molecule has 2 aromatic carbocycles. The molecule has 0 aliphatic carbocycles. The van der Waals surface area contributed by atoms with Gasteiger partial charge in [-0.25, -0.2) is 4.39 Å². The van der Waals surface area contributed by atoms with Crippen molar-refractivity contribution in [3.05, 3.63) is 59.9 Å². The molecule has 0 atom stereocenters. The first-order valence-corrected chi connectivity index (χ1v) is 7.73. The van der Waals surface area contributed by atoms with E-state index in [0.717, 1.165) is 31.9 Å². The summed E-state index contributed by atoms with van der Waals surface area (Å²) in [6.45, 7) is 4.85. The van der Waals surface area contributed by atoms with Gasteiger partial charge in [-0.1, -0.05) is 18.2 Å². The lowest BCUT2D eigenvalue weighted by Gasteiger charge is -2.34. The van der Waals surface area contributed by atoms with Crippen molar-refractivity contribution in [3.8, 4) is 0 Å². The predicted molar refractivity (Wildman–Crippen MR) is 89.9 cm³/mol. The summed E-state index contributed by atoms with van der Waals surface area (Å²) in [5.74, 6) is -0.163. The van der Waals surface area contributed by atoms with Crippen molar-refractivity contribution in [2.24, 2.45) is 0 Å². The zero-order valence-corrected chi connectivity index (χ0v) is 12.9. The minimum absolute atomic E-state index is 0.163. The van der Waals surface area contributed by atoms with Crippen LogP contribution in [-0.2, 0) is 6.54 Å². The van der Waals surface area contributed by atoms with Gasteiger partial charge in [0, 0.05) is 49.7 Å². The highest BCUT2D eigenvalue weighted by molar-refractivity contribution is 5.55. The first-order valence-electron chi connectivity index (χ1n) is 7.73. The SMILES string of the molecule is CN1CCN(c2ccc(NCc3ccccc3F)cc2)CC1. The Bertz CT molecular complexity index is 604. The van der Waals surface area contributed by atoms with Crippen LogP contribution >= 0.6 is 0 Å². The van der Waals surface area contributed by atoms with Crippen LogP contribution < -0.4 is 10.2 Å². The molecule has 3 nitrogen and oxygen atoms in total. The highest BCUT2D eigenvalue weighted by Gasteiger charge is 2.13. The van der Waals surface area contributed by atoms with E-state index in [9.17, 15) is 4.39 Å². The molecule has 3 rings (SSSR count). The zero-order valence-electron chi connectivity index (χ0n) is 12.9. The Morgan fingerprint density at radius 3 is 2.32 bits per heavy atom. The third-order valence-electron chi connectivity index (χ3n) is 4.18. The number of rotatable bonds is 4. The summed E-state index contributed by atoms with van der Waals surface area (Å²) in [6, 6.07) is 15.3. The van der Waals surface area contributed by atoms with Gasteiger partial charge in [-0.05, 0) is 37.4 Å². The summed E-state index contributed by atoms with van der Waals surface area (Å²) in [5.41, 5.74) is 2.95. The van der Waals surface area contributed by atoms with E-state index in [1.165, 1.54) is 11.8 Å². The maximum atomic E-state index is 13.6. The van der Waals surface area contributed by atoms with E-state index in [4.69, 9.17) is 0 Å². The first kappa shape index (κ1) is 14.9. The lowest BCUT2D eigenvalue weighted by atomic mass is 10.2. The second kappa shape index (κ2) is 6.79. The van der Waals surface area contributed by atoms with Gasteiger partial charge in [0.05, 0.1) is 0 Å². The summed E-state index contributed by atoms with van der Waals surface area (Å²) in [7, 11) is 2.16. The van der Waals surface area contributed by atoms with E-state index >= 15 is 0 Å². The Morgan fingerprint density at radius 1 is 0.955 bits per heavy atom. The largest absolute Gasteiger partial charge is 0.381 e. The van der Waals surface area contributed by atoms with Crippen molar-refractivity contribution in [2.75, 3.05) is 43.4 Å². The normalized spacial score (nSPS) is 15.8. The van der Waals surface area contributed by atoms with E-state index in [1.807, 2.05) is 6.07 Å². The summed E-state index contributed by atoms with van der Waals surface area (Å²) in [6.07, 6.45) is 0. The maximum absolute atomic E-state index is 13.6. The van der Waals surface area contributed by atoms with E-state index in [0.29, 0.717) is 12.1 Å². The fourth-order valence-corrected chi connectivity index (χ4v) is 2.69. The highest BCUT2D eigenvalue weighted by Crippen LogP contribution is 2.20. The lowest BCUT2D eigenvalue weighted by molar-refractivity contribution is 0.313. The standard InChI is InChI=1S/C18H22FN3/c1-21-10-12-22(13-11-21)17-8-6-16(7-9-17)20-14-15-4-2-3-5-18(15)19/h2-9,20H,10-14H2,1H3. The van der Waals surface area contributed by atoms with Crippen LogP contribution in [-0.4, -0.2) is 38.1 Å². The molecule has 4 heteroatoms. The number of nitrogens with zero attached hydrogens (tertiary/aromatic N) is 2. The Kier molecular flexibility index (Phi) is 4.59. The molecule has 2 aromatic rings. The molecule has 0 amide bonds. The monoisotopic (exact) mass is 299 g/mol. The van der Waals surface area contributed by atoms with E-state index < -0.39 is 0 Å². The van der Waals surface area contributed by atoms with Crippen LogP contribution in [0.25, 0.3) is 0 Å². The highest BCUT2D eigenvalue weighted by atomic mass is 19.1. The second-order valence-electron chi connectivity index (χ2n) is 5.78. The van der Waals surface area contributed by atoms with Crippen molar-refractivity contribution in [2.45, 2.75) is 6.54 Å². The topological polar surface area (TPSA) is 18.5 Å². The fraction of sp³-hybridized carbons (Fsp3) is 0.333. The van der Waals surface area contributed by atoms with E-state index in [-0.39, 0.29) is 5.82 Å². The molecule has 0 saturated carbocycles. The first-order chi connectivity index (χ1) is 10.7. The average molecular weight is 299 g/mol. The quantitative estimate of drug-likeness (QED) is 0.935. The van der Waals surface area contributed by atoms with Crippen molar-refractivity contribution >= 4 is 11.4 Å². The fourth-order valence-electron chi connectivity index (χ4n) is 2.69. The van der Waals surface area contributed by atoms with Gasteiger partial charge < -0.3 is 15.1 Å². The summed E-state index contributed by atoms with van der Waals surface area (Å²) >= 11 is 0. The molecule has 1 aliphatic rings. The molecule has 0 aromatic heterocycles. The van der Waals surface area contributed by atoms with Crippen LogP contribution in [0.4, 0.5) is 15.8 Å². The van der Waals surface area contributed by atoms with Crippen LogP contribution in [0, 0.1) is 5.82 Å². The molecule has 0 unspecified atom stereocenters. The van der Waals surface area contributed by atoms with Crippen LogP contribution in [0.5, 0.6) is 0 Å². The second-order valence-corrected chi connectivity index (χ2v) is 5.78. The minimum Gasteiger partial charge on any atom is -0.381 e. The maximum Gasteiger partial charge on any atom is 0.128 e. The third-order valence-corrected chi connectivity index (χ3v) is 4.18. The summed E-state index contributed by atoms with van der Waals surface area (Å²) < 4.78 is 13.6. The van der Waals surface area contributed by atoms with Gasteiger partial charge in [0.2, 0.25) is 0 Å². The number of benzene rings is 2. The van der Waals surface area contributed by atoms with Crippen molar-refractivity contribution in [1.82, 2.24) is 4.90 Å². The molecule has 0 radical (unpaired) electrons. The van der Waals surface area contributed by atoms with Gasteiger partial charge in [-0.15, -0.1) is 0 Å². The molecule has 1 aliphatic heterocycles. The third kappa shape index (κ3) is 3.57. The van der Waals surface area contributed by atoms with Crippen molar-refractivity contribution < 1.29 is 4.39 Å². The van der Waals surface area contributed by atoms with E-state index in [1.54, 1.807) is 12.1 Å². The van der Waals surface area contributed by atoms with Crippen molar-refractivity contribution in [1.29, 1.82) is 0 Å². The lowest BCUT2D eigenvalue weighted by Crippen LogP contribution is -2.44. The van der Waals surface area contributed by atoms with Crippen molar-refractivity contribution in [3.63, 3.8) is 0 Å². The molecule has 1 N–H and O–H groups in total. The zero-order chi connectivity index (χ0) is 15.4. The molecular weight excluding hydrogens is 277 g/mol. The van der Waals surface area contributed by atoms with Gasteiger partial charge >= 0.3 is 0 Å². The molecule has 1 saturated heterocycles. The Hall–Kier alpha value is -2.07. The number of hydrogen-bond acceptors (Lipinski definition) is 3. The van der Waals surface area contributed by atoms with Gasteiger partial charge in [0.25, 0.3) is 0 Å². The summed E-state index contributed by atoms with van der Waals surface area (Å²) in [4.78, 5) is 4.75. The van der Waals surface area contributed by atoms with Crippen LogP contribution in [0.2, 0.25) is 0 Å². The average Bonchev–Trinajstić information content (AvgIpc) is 2.55. The molecule has 1 fully saturated rings. The Labute approximate surface area is 131 Å². The number of halogens is 1. The molecular formula is C18H22FN3. The number of anilines is 2. The van der Waals surface area contributed by atoms with Crippen LogP contribution in [0.3, 0.4) is 0 Å². The molecule has 0 bridgehead atoms. The Morgan fingerprint density at radius 2 is 1.64 bits per heavy atom. The minimum atomic E-state index is -0.163. The van der Waals surface area contributed by atoms with E-state index in [2.05, 4.69) is 46.4 Å². The number of nitrogens with one attached hydrogen (secondary N) is 1. The van der Waals surface area contributed by atoms with Gasteiger partial charge in [-0.2, -0.15) is 0 Å². The molecule has 0 spiro atoms. The van der Waals surface area contributed by atoms with Crippen LogP contribution in [0.15, 0.2) is 48.5 Å². The van der Waals surface area contributed by atoms with Gasteiger partial charge in [0.1, 0.15) is 5.82 Å². The summed E-state index contributed by atoms with van der Waals surface area (Å²) in [5, 5.41) is 3.27. The smallest absolute Gasteiger partial charge is 0.128 e. The number of likely N-dealkylation sites (N-methyl/N-ethyl adjacent to an activating group) is 1. The molecule has 22 heavy (non-hydrogen) atoms. The molecule has 116 valence electrons. The molecule has 1 heterocycles. The number of piperazine rings is 1. The Balaban J connectivity index is 1.59. The van der Waals surface area contributed by atoms with Crippen LogP contribution in [0.1, 0.15) is 5.56 Å². The van der Waals surface area contributed by atoms with Gasteiger partial charge in [0.15, 0.2) is 0 Å².